The standard InChI is InChI=1S/C21H23N3O2S/c1-21(2)11-16-15(4-3-14-13-23-6-5-17(14)22)20(24-7-9-26-10-8-24)27-19(16)18(25)12-21/h5-6,13H,7-12H2,1-2H3,(H2,22,23). The molecule has 0 amide bonds. The number of anilines is 2. The molecule has 1 aliphatic heterocycles. The van der Waals surface area contributed by atoms with Gasteiger partial charge in [0.1, 0.15) is 5.00 Å². The molecule has 4 rings (SSSR count). The van der Waals surface area contributed by atoms with E-state index in [-0.39, 0.29) is 11.2 Å². The average Bonchev–Trinajstić information content (AvgIpc) is 2.99. The fourth-order valence-corrected chi connectivity index (χ4v) is 4.92. The van der Waals surface area contributed by atoms with E-state index in [1.807, 2.05) is 0 Å². The van der Waals surface area contributed by atoms with Crippen LogP contribution in [-0.2, 0) is 11.2 Å². The summed E-state index contributed by atoms with van der Waals surface area (Å²) in [7, 11) is 0. The van der Waals surface area contributed by atoms with E-state index in [1.54, 1.807) is 29.8 Å². The lowest BCUT2D eigenvalue weighted by Gasteiger charge is -2.29. The van der Waals surface area contributed by atoms with E-state index in [9.17, 15) is 4.79 Å². The average molecular weight is 382 g/mol. The molecule has 2 N–H and O–H groups in total. The molecule has 0 aromatic carbocycles. The van der Waals surface area contributed by atoms with Crippen LogP contribution in [0.4, 0.5) is 10.7 Å². The first-order valence-corrected chi connectivity index (χ1v) is 9.99. The number of thiophene rings is 1. The molecule has 1 fully saturated rings. The third-order valence-corrected chi connectivity index (χ3v) is 6.35. The van der Waals surface area contributed by atoms with Crippen molar-refractivity contribution in [3.05, 3.63) is 40.0 Å². The predicted molar refractivity (Wildman–Crippen MR) is 108 cm³/mol. The maximum Gasteiger partial charge on any atom is 0.173 e. The van der Waals surface area contributed by atoms with E-state index in [1.165, 1.54) is 0 Å². The number of ether oxygens (including phenoxy) is 1. The number of aromatic nitrogens is 1. The second kappa shape index (κ2) is 6.99. The normalized spacial score (nSPS) is 18.6. The summed E-state index contributed by atoms with van der Waals surface area (Å²) in [5.41, 5.74) is 9.38. The molecule has 0 saturated carbocycles. The van der Waals surface area contributed by atoms with E-state index in [2.05, 4.69) is 35.6 Å². The molecular weight excluding hydrogens is 358 g/mol. The summed E-state index contributed by atoms with van der Waals surface area (Å²) in [6.07, 6.45) is 4.80. The molecule has 0 spiro atoms. The van der Waals surface area contributed by atoms with Crippen LogP contribution >= 0.6 is 11.3 Å². The maximum absolute atomic E-state index is 12.8. The van der Waals surface area contributed by atoms with Gasteiger partial charge in [-0.25, -0.2) is 0 Å². The summed E-state index contributed by atoms with van der Waals surface area (Å²) < 4.78 is 5.50. The van der Waals surface area contributed by atoms with Crippen LogP contribution in [0.1, 0.15) is 46.6 Å². The van der Waals surface area contributed by atoms with Gasteiger partial charge in [0.2, 0.25) is 0 Å². The largest absolute Gasteiger partial charge is 0.398 e. The number of carbonyl (C=O) groups excluding carboxylic acids is 1. The van der Waals surface area contributed by atoms with Crippen molar-refractivity contribution in [3.63, 3.8) is 0 Å². The van der Waals surface area contributed by atoms with Gasteiger partial charge in [-0.05, 0) is 23.5 Å². The number of Topliss-reactive ketones (excluding diaryl/α,β-unsaturated/α-hetero) is 1. The zero-order chi connectivity index (χ0) is 19.0. The number of nitrogens with two attached hydrogens (primary N) is 1. The SMILES string of the molecule is CC1(C)CC(=O)c2sc(N3CCOCC3)c(C#Cc3cnccc3N)c2C1. The highest BCUT2D eigenvalue weighted by molar-refractivity contribution is 7.18. The first-order chi connectivity index (χ1) is 12.9. The molecule has 0 atom stereocenters. The number of rotatable bonds is 1. The number of pyridine rings is 1. The fraction of sp³-hybridized carbons (Fsp3) is 0.429. The van der Waals surface area contributed by atoms with Crippen LogP contribution in [0.3, 0.4) is 0 Å². The quantitative estimate of drug-likeness (QED) is 0.769. The number of morpholine rings is 1. The number of nitrogen functional groups attached to an aromatic ring is 1. The molecule has 1 saturated heterocycles. The Bertz CT molecular complexity index is 946. The van der Waals surface area contributed by atoms with E-state index in [4.69, 9.17) is 10.5 Å². The van der Waals surface area contributed by atoms with Gasteiger partial charge in [0.25, 0.3) is 0 Å². The Hall–Kier alpha value is -2.36. The van der Waals surface area contributed by atoms with Gasteiger partial charge in [-0.15, -0.1) is 11.3 Å². The van der Waals surface area contributed by atoms with E-state index < -0.39 is 0 Å². The number of fused-ring (bicyclic) bond motifs is 1. The number of nitrogens with zero attached hydrogens (tertiary/aromatic N) is 2. The molecule has 2 aromatic rings. The lowest BCUT2D eigenvalue weighted by Crippen LogP contribution is -2.36. The van der Waals surface area contributed by atoms with Gasteiger partial charge in [0.15, 0.2) is 5.78 Å². The third-order valence-electron chi connectivity index (χ3n) is 5.01. The van der Waals surface area contributed by atoms with Crippen LogP contribution in [-0.4, -0.2) is 37.1 Å². The first-order valence-electron chi connectivity index (χ1n) is 9.18. The lowest BCUT2D eigenvalue weighted by atomic mass is 9.75. The van der Waals surface area contributed by atoms with Crippen LogP contribution in [0.25, 0.3) is 0 Å². The molecule has 2 aliphatic rings. The smallest absolute Gasteiger partial charge is 0.173 e. The number of hydrogen-bond donors (Lipinski definition) is 1. The summed E-state index contributed by atoms with van der Waals surface area (Å²) in [5.74, 6) is 6.76. The Morgan fingerprint density at radius 3 is 2.78 bits per heavy atom. The fourth-order valence-electron chi connectivity index (χ4n) is 3.66. The summed E-state index contributed by atoms with van der Waals surface area (Å²) in [6.45, 7) is 7.34. The molecule has 1 aliphatic carbocycles. The van der Waals surface area contributed by atoms with Gasteiger partial charge in [-0.2, -0.15) is 0 Å². The maximum atomic E-state index is 12.8. The molecule has 5 nitrogen and oxygen atoms in total. The zero-order valence-electron chi connectivity index (χ0n) is 15.7. The van der Waals surface area contributed by atoms with Crippen molar-refractivity contribution in [3.8, 4) is 11.8 Å². The summed E-state index contributed by atoms with van der Waals surface area (Å²) in [6, 6.07) is 1.75. The van der Waals surface area contributed by atoms with Crippen molar-refractivity contribution in [2.24, 2.45) is 5.41 Å². The third kappa shape index (κ3) is 3.58. The monoisotopic (exact) mass is 381 g/mol. The van der Waals surface area contributed by atoms with Gasteiger partial charge in [0, 0.05) is 31.9 Å². The van der Waals surface area contributed by atoms with Crippen molar-refractivity contribution in [1.29, 1.82) is 0 Å². The van der Waals surface area contributed by atoms with Crippen LogP contribution in [0, 0.1) is 17.3 Å². The van der Waals surface area contributed by atoms with E-state index >= 15 is 0 Å². The molecule has 6 heteroatoms. The topological polar surface area (TPSA) is 68.5 Å². The minimum atomic E-state index is -0.0444. The predicted octanol–water partition coefficient (Wildman–Crippen LogP) is 3.12. The molecule has 3 heterocycles. The van der Waals surface area contributed by atoms with Gasteiger partial charge in [-0.3, -0.25) is 9.78 Å². The second-order valence-corrected chi connectivity index (χ2v) is 8.84. The van der Waals surface area contributed by atoms with Gasteiger partial charge in [0.05, 0.1) is 34.9 Å². The van der Waals surface area contributed by atoms with Crippen molar-refractivity contribution in [2.45, 2.75) is 26.7 Å². The van der Waals surface area contributed by atoms with Gasteiger partial charge in [-0.1, -0.05) is 25.7 Å². The molecule has 0 bridgehead atoms. The van der Waals surface area contributed by atoms with E-state index in [0.717, 1.165) is 40.5 Å². The van der Waals surface area contributed by atoms with E-state index in [0.29, 0.717) is 30.9 Å². The van der Waals surface area contributed by atoms with Crippen molar-refractivity contribution >= 4 is 27.8 Å². The zero-order valence-corrected chi connectivity index (χ0v) is 16.5. The van der Waals surface area contributed by atoms with Gasteiger partial charge >= 0.3 is 0 Å². The summed E-state index contributed by atoms with van der Waals surface area (Å²) in [5, 5.41) is 1.09. The summed E-state index contributed by atoms with van der Waals surface area (Å²) >= 11 is 1.59. The number of hydrogen-bond acceptors (Lipinski definition) is 6. The minimum Gasteiger partial charge on any atom is -0.398 e. The number of carbonyl (C=O) groups is 1. The van der Waals surface area contributed by atoms with Crippen LogP contribution in [0.5, 0.6) is 0 Å². The first kappa shape index (κ1) is 18.0. The molecule has 0 radical (unpaired) electrons. The molecular formula is C21H23N3O2S. The van der Waals surface area contributed by atoms with Gasteiger partial charge < -0.3 is 15.4 Å². The highest BCUT2D eigenvalue weighted by Crippen LogP contribution is 2.44. The van der Waals surface area contributed by atoms with Crippen LogP contribution in [0.15, 0.2) is 18.5 Å². The van der Waals surface area contributed by atoms with Crippen LogP contribution < -0.4 is 10.6 Å². The number of ketones is 1. The highest BCUT2D eigenvalue weighted by Gasteiger charge is 2.36. The van der Waals surface area contributed by atoms with Crippen molar-refractivity contribution in [2.75, 3.05) is 36.9 Å². The lowest BCUT2D eigenvalue weighted by molar-refractivity contribution is 0.0917. The minimum absolute atomic E-state index is 0.0444. The molecule has 27 heavy (non-hydrogen) atoms. The Balaban J connectivity index is 1.83. The Labute approximate surface area is 163 Å². The molecule has 2 aromatic heterocycles. The Morgan fingerprint density at radius 2 is 2.04 bits per heavy atom. The molecule has 140 valence electrons. The van der Waals surface area contributed by atoms with Crippen molar-refractivity contribution in [1.82, 2.24) is 4.98 Å². The van der Waals surface area contributed by atoms with Crippen molar-refractivity contribution < 1.29 is 9.53 Å². The highest BCUT2D eigenvalue weighted by atomic mass is 32.1. The Kier molecular flexibility index (Phi) is 4.67. The Morgan fingerprint density at radius 1 is 1.26 bits per heavy atom. The second-order valence-electron chi connectivity index (χ2n) is 7.84. The van der Waals surface area contributed by atoms with Crippen LogP contribution in [0.2, 0.25) is 0 Å². The molecule has 0 unspecified atom stereocenters. The summed E-state index contributed by atoms with van der Waals surface area (Å²) in [4.78, 5) is 20.1.